The third-order valence-electron chi connectivity index (χ3n) is 2.89. The number of imidazole rings is 1. The first-order valence-electron chi connectivity index (χ1n) is 5.69. The molecule has 19 heavy (non-hydrogen) atoms. The molecular weight excluding hydrogens is 273 g/mol. The van der Waals surface area contributed by atoms with Gasteiger partial charge in [0.15, 0.2) is 0 Å². The Hall–Kier alpha value is -1.37. The lowest BCUT2D eigenvalue weighted by molar-refractivity contribution is 0.0193. The summed E-state index contributed by atoms with van der Waals surface area (Å²) in [4.78, 5) is 4.11. The van der Waals surface area contributed by atoms with Crippen LogP contribution in [0.4, 0.5) is 10.3 Å². The molecule has 2 N–H and O–H groups in total. The first kappa shape index (κ1) is 14.0. The lowest BCUT2D eigenvalue weighted by Gasteiger charge is -2.16. The molecule has 0 spiro atoms. The van der Waals surface area contributed by atoms with Crippen molar-refractivity contribution < 1.29 is 13.9 Å². The van der Waals surface area contributed by atoms with Crippen LogP contribution in [0.1, 0.15) is 0 Å². The summed E-state index contributed by atoms with van der Waals surface area (Å²) in [6.45, 7) is 0.874. The molecule has 0 bridgehead atoms. The second-order valence-corrected chi connectivity index (χ2v) is 4.56. The Morgan fingerprint density at radius 3 is 2.84 bits per heavy atom. The molecular formula is C12H15ClFN3O2. The van der Waals surface area contributed by atoms with Crippen molar-refractivity contribution in [3.63, 3.8) is 0 Å². The third-order valence-corrected chi connectivity index (χ3v) is 3.18. The second-order valence-electron chi connectivity index (χ2n) is 4.15. The van der Waals surface area contributed by atoms with E-state index < -0.39 is 5.82 Å². The van der Waals surface area contributed by atoms with Gasteiger partial charge in [0.2, 0.25) is 5.95 Å². The summed E-state index contributed by atoms with van der Waals surface area (Å²) >= 11 is 5.79. The molecule has 2 rings (SSSR count). The maximum atomic E-state index is 13.4. The van der Waals surface area contributed by atoms with E-state index in [1.807, 2.05) is 0 Å². The predicted molar refractivity (Wildman–Crippen MR) is 71.8 cm³/mol. The van der Waals surface area contributed by atoms with Crippen molar-refractivity contribution in [1.29, 1.82) is 0 Å². The monoisotopic (exact) mass is 287 g/mol. The zero-order chi connectivity index (χ0) is 14.0. The SMILES string of the molecule is COCC(Cn1c(N)nc2cc(F)c(Cl)cc21)OC. The number of nitrogens with two attached hydrogens (primary N) is 1. The van der Waals surface area contributed by atoms with Crippen LogP contribution in [0.3, 0.4) is 0 Å². The number of ether oxygens (including phenoxy) is 2. The van der Waals surface area contributed by atoms with Crippen LogP contribution in [-0.2, 0) is 16.0 Å². The summed E-state index contributed by atoms with van der Waals surface area (Å²) in [5.41, 5.74) is 6.98. The lowest BCUT2D eigenvalue weighted by atomic mass is 10.3. The van der Waals surface area contributed by atoms with Gasteiger partial charge in [-0.1, -0.05) is 11.6 Å². The van der Waals surface area contributed by atoms with Gasteiger partial charge in [0.05, 0.1) is 35.3 Å². The van der Waals surface area contributed by atoms with E-state index in [1.54, 1.807) is 18.8 Å². The van der Waals surface area contributed by atoms with Crippen LogP contribution in [0.2, 0.25) is 5.02 Å². The van der Waals surface area contributed by atoms with Crippen molar-refractivity contribution in [2.45, 2.75) is 12.6 Å². The first-order valence-corrected chi connectivity index (χ1v) is 6.07. The Morgan fingerprint density at radius 2 is 2.21 bits per heavy atom. The van der Waals surface area contributed by atoms with E-state index in [-0.39, 0.29) is 17.1 Å². The van der Waals surface area contributed by atoms with Gasteiger partial charge in [0.25, 0.3) is 0 Å². The Kier molecular flexibility index (Phi) is 4.24. The Bertz CT molecular complexity index is 588. The highest BCUT2D eigenvalue weighted by molar-refractivity contribution is 6.31. The maximum absolute atomic E-state index is 13.4. The largest absolute Gasteiger partial charge is 0.382 e. The van der Waals surface area contributed by atoms with Crippen molar-refractivity contribution in [3.05, 3.63) is 23.0 Å². The van der Waals surface area contributed by atoms with Crippen LogP contribution in [0.15, 0.2) is 12.1 Å². The van der Waals surface area contributed by atoms with E-state index >= 15 is 0 Å². The van der Waals surface area contributed by atoms with E-state index in [4.69, 9.17) is 26.8 Å². The molecule has 104 valence electrons. The number of methoxy groups -OCH3 is 2. The fraction of sp³-hybridized carbons (Fsp3) is 0.417. The smallest absolute Gasteiger partial charge is 0.201 e. The Morgan fingerprint density at radius 1 is 1.47 bits per heavy atom. The fourth-order valence-electron chi connectivity index (χ4n) is 1.92. The van der Waals surface area contributed by atoms with E-state index in [1.165, 1.54) is 12.1 Å². The normalized spacial score (nSPS) is 13.1. The number of nitrogen functional groups attached to an aromatic ring is 1. The number of halogens is 2. The number of rotatable bonds is 5. The minimum absolute atomic E-state index is 0.0364. The molecule has 0 radical (unpaired) electrons. The molecule has 1 atom stereocenters. The molecule has 0 aliphatic rings. The molecule has 1 aromatic heterocycles. The van der Waals surface area contributed by atoms with Crippen LogP contribution in [0.5, 0.6) is 0 Å². The van der Waals surface area contributed by atoms with Crippen molar-refractivity contribution in [3.8, 4) is 0 Å². The second kappa shape index (κ2) is 5.73. The number of hydrogen-bond donors (Lipinski definition) is 1. The Labute approximate surface area is 115 Å². The van der Waals surface area contributed by atoms with Crippen LogP contribution >= 0.6 is 11.6 Å². The van der Waals surface area contributed by atoms with Gasteiger partial charge in [-0.3, -0.25) is 0 Å². The molecule has 5 nitrogen and oxygen atoms in total. The van der Waals surface area contributed by atoms with Gasteiger partial charge in [-0.15, -0.1) is 0 Å². The number of anilines is 1. The minimum Gasteiger partial charge on any atom is -0.382 e. The summed E-state index contributed by atoms with van der Waals surface area (Å²) in [5.74, 6) is -0.228. The predicted octanol–water partition coefficient (Wildman–Crippen LogP) is 2.07. The van der Waals surface area contributed by atoms with Crippen molar-refractivity contribution in [2.24, 2.45) is 0 Å². The average Bonchev–Trinajstić information content (AvgIpc) is 2.66. The highest BCUT2D eigenvalue weighted by Gasteiger charge is 2.15. The van der Waals surface area contributed by atoms with E-state index in [0.29, 0.717) is 24.2 Å². The number of benzene rings is 1. The van der Waals surface area contributed by atoms with Gasteiger partial charge in [-0.05, 0) is 6.07 Å². The number of hydrogen-bond acceptors (Lipinski definition) is 4. The third kappa shape index (κ3) is 2.80. The van der Waals surface area contributed by atoms with Crippen LogP contribution < -0.4 is 5.73 Å². The quantitative estimate of drug-likeness (QED) is 0.914. The van der Waals surface area contributed by atoms with Crippen LogP contribution in [0.25, 0.3) is 11.0 Å². The molecule has 1 aromatic carbocycles. The molecule has 0 fully saturated rings. The highest BCUT2D eigenvalue weighted by atomic mass is 35.5. The molecule has 0 aliphatic carbocycles. The highest BCUT2D eigenvalue weighted by Crippen LogP contribution is 2.25. The van der Waals surface area contributed by atoms with Crippen molar-refractivity contribution in [1.82, 2.24) is 9.55 Å². The molecule has 7 heteroatoms. The van der Waals surface area contributed by atoms with Crippen molar-refractivity contribution in [2.75, 3.05) is 26.6 Å². The molecule has 0 aliphatic heterocycles. The maximum Gasteiger partial charge on any atom is 0.201 e. The average molecular weight is 288 g/mol. The topological polar surface area (TPSA) is 62.3 Å². The van der Waals surface area contributed by atoms with E-state index in [9.17, 15) is 4.39 Å². The Balaban J connectivity index is 2.42. The molecule has 0 saturated heterocycles. The lowest BCUT2D eigenvalue weighted by Crippen LogP contribution is -2.24. The van der Waals surface area contributed by atoms with Gasteiger partial charge in [0.1, 0.15) is 5.82 Å². The van der Waals surface area contributed by atoms with E-state index in [2.05, 4.69) is 4.98 Å². The number of nitrogens with zero attached hydrogens (tertiary/aromatic N) is 2. The van der Waals surface area contributed by atoms with E-state index in [0.717, 1.165) is 0 Å². The van der Waals surface area contributed by atoms with Gasteiger partial charge >= 0.3 is 0 Å². The van der Waals surface area contributed by atoms with Gasteiger partial charge in [-0.25, -0.2) is 9.37 Å². The molecule has 2 aromatic rings. The molecule has 1 heterocycles. The standard InChI is InChI=1S/C12H15ClFN3O2/c1-18-6-7(19-2)5-17-11-3-8(13)9(14)4-10(11)16-12(17)15/h3-4,7H,5-6H2,1-2H3,(H2,15,16). The zero-order valence-corrected chi connectivity index (χ0v) is 11.4. The van der Waals surface area contributed by atoms with Crippen molar-refractivity contribution >= 4 is 28.6 Å². The summed E-state index contributed by atoms with van der Waals surface area (Å²) in [5, 5.41) is 0.0364. The number of aromatic nitrogens is 2. The summed E-state index contributed by atoms with van der Waals surface area (Å²) in [6.07, 6.45) is -0.173. The minimum atomic E-state index is -0.515. The summed E-state index contributed by atoms with van der Waals surface area (Å²) < 4.78 is 25.4. The fourth-order valence-corrected chi connectivity index (χ4v) is 2.07. The molecule has 0 saturated carbocycles. The zero-order valence-electron chi connectivity index (χ0n) is 10.7. The van der Waals surface area contributed by atoms with Gasteiger partial charge in [-0.2, -0.15) is 0 Å². The first-order chi connectivity index (χ1) is 9.06. The molecule has 0 amide bonds. The summed E-state index contributed by atoms with van der Waals surface area (Å²) in [7, 11) is 3.18. The van der Waals surface area contributed by atoms with Crippen LogP contribution in [-0.4, -0.2) is 36.5 Å². The number of fused-ring (bicyclic) bond motifs is 1. The van der Waals surface area contributed by atoms with Crippen LogP contribution in [0, 0.1) is 5.82 Å². The van der Waals surface area contributed by atoms with Gasteiger partial charge < -0.3 is 19.8 Å². The molecule has 1 unspecified atom stereocenters. The van der Waals surface area contributed by atoms with Gasteiger partial charge in [0, 0.05) is 20.3 Å². The summed E-state index contributed by atoms with van der Waals surface area (Å²) in [6, 6.07) is 2.78.